The molecule has 1 aliphatic rings. The lowest BCUT2D eigenvalue weighted by atomic mass is 9.87. The molecule has 0 atom stereocenters. The van der Waals surface area contributed by atoms with Crippen molar-refractivity contribution in [2.75, 3.05) is 24.4 Å². The third-order valence-corrected chi connectivity index (χ3v) is 8.36. The van der Waals surface area contributed by atoms with Crippen LogP contribution in [0.1, 0.15) is 110 Å². The Hall–Kier alpha value is -2.12. The van der Waals surface area contributed by atoms with Gasteiger partial charge in [-0.3, -0.25) is 4.79 Å². The zero-order valence-corrected chi connectivity index (χ0v) is 29.0. The van der Waals surface area contributed by atoms with Crippen molar-refractivity contribution >= 4 is 40.3 Å². The van der Waals surface area contributed by atoms with Crippen molar-refractivity contribution in [2.45, 2.75) is 111 Å². The second kappa shape index (κ2) is 19.2. The number of ether oxygens (including phenoxy) is 2. The topological polar surface area (TPSA) is 50.8 Å². The van der Waals surface area contributed by atoms with E-state index in [9.17, 15) is 4.79 Å². The fraction of sp³-hybridized carbons (Fsp3) is 0.571. The first-order chi connectivity index (χ1) is 19.7. The number of amides is 1. The van der Waals surface area contributed by atoms with Gasteiger partial charge in [0, 0.05) is 18.4 Å². The smallest absolute Gasteiger partial charge is 0.262 e. The minimum absolute atomic E-state index is 0. The van der Waals surface area contributed by atoms with E-state index >= 15 is 0 Å². The number of carbonyl (C=O) groups is 1. The summed E-state index contributed by atoms with van der Waals surface area (Å²) in [4.78, 5) is 16.4. The summed E-state index contributed by atoms with van der Waals surface area (Å²) in [6.07, 6.45) is 15.1. The fourth-order valence-electron chi connectivity index (χ4n) is 4.91. The first kappa shape index (κ1) is 36.1. The van der Waals surface area contributed by atoms with Crippen LogP contribution in [-0.4, -0.2) is 29.9 Å². The molecule has 2 aromatic rings. The molecule has 2 aromatic carbocycles. The first-order valence-electron chi connectivity index (χ1n) is 15.6. The molecule has 1 heterocycles. The van der Waals surface area contributed by atoms with Gasteiger partial charge in [-0.2, -0.15) is 0 Å². The van der Waals surface area contributed by atoms with Gasteiger partial charge in [-0.1, -0.05) is 104 Å². The van der Waals surface area contributed by atoms with Crippen LogP contribution in [0, 0.1) is 0 Å². The zero-order chi connectivity index (χ0) is 29.5. The lowest BCUT2D eigenvalue weighted by Crippen LogP contribution is -2.21. The highest BCUT2D eigenvalue weighted by molar-refractivity contribution is 8.93. The van der Waals surface area contributed by atoms with Crippen molar-refractivity contribution in [1.29, 1.82) is 0 Å². The van der Waals surface area contributed by atoms with Crippen LogP contribution in [-0.2, 0) is 16.8 Å². The van der Waals surface area contributed by atoms with Gasteiger partial charge in [0.25, 0.3) is 5.91 Å². The van der Waals surface area contributed by atoms with Crippen molar-refractivity contribution in [3.8, 4) is 11.5 Å². The van der Waals surface area contributed by atoms with Crippen molar-refractivity contribution in [1.82, 2.24) is 4.90 Å². The minimum atomic E-state index is -0.185. The van der Waals surface area contributed by atoms with Gasteiger partial charge in [-0.15, -0.1) is 28.7 Å². The van der Waals surface area contributed by atoms with Crippen LogP contribution in [0.4, 0.5) is 5.69 Å². The van der Waals surface area contributed by atoms with Crippen LogP contribution < -0.4 is 14.8 Å². The van der Waals surface area contributed by atoms with Gasteiger partial charge in [-0.25, -0.2) is 0 Å². The standard InChI is InChI=1S/C35H52N2O3S.BrH/c1-6-7-8-9-10-11-12-13-14-15-21-39-33-23-30(35(3,4)5)19-20-32(33)40-26-34(38)36-31-18-16-17-29(22-31)25-37-24-28(2)41-27-37;/h16-20,22-24H,6-15,21,25-27H2,1-5H3,(H,36,38);1H. The lowest BCUT2D eigenvalue weighted by Gasteiger charge is -2.21. The Morgan fingerprint density at radius 3 is 2.24 bits per heavy atom. The number of nitrogens with zero attached hydrogens (tertiary/aromatic N) is 1. The molecule has 0 unspecified atom stereocenters. The molecule has 0 bridgehead atoms. The Morgan fingerprint density at radius 1 is 0.905 bits per heavy atom. The molecule has 1 N–H and O–H groups in total. The Balaban J connectivity index is 0.00000616. The Morgan fingerprint density at radius 2 is 1.60 bits per heavy atom. The quantitative estimate of drug-likeness (QED) is 0.161. The van der Waals surface area contributed by atoms with E-state index < -0.39 is 0 Å². The molecule has 0 aliphatic carbocycles. The SMILES string of the molecule is Br.CCCCCCCCCCCCOc1cc(C(C)(C)C)ccc1OCC(=O)Nc1cccc(CN2C=C(C)SC2)c1. The molecule has 0 radical (unpaired) electrons. The Kier molecular flexibility index (Phi) is 16.5. The van der Waals surface area contributed by atoms with E-state index in [1.807, 2.05) is 36.0 Å². The average Bonchev–Trinajstić information content (AvgIpc) is 3.34. The van der Waals surface area contributed by atoms with Crippen LogP contribution in [0.2, 0.25) is 0 Å². The molecule has 0 saturated heterocycles. The molecule has 42 heavy (non-hydrogen) atoms. The van der Waals surface area contributed by atoms with Gasteiger partial charge in [0.15, 0.2) is 18.1 Å². The van der Waals surface area contributed by atoms with Gasteiger partial charge in [0.05, 0.1) is 12.5 Å². The molecular weight excluding hydrogens is 608 g/mol. The van der Waals surface area contributed by atoms with Gasteiger partial charge in [-0.05, 0) is 59.1 Å². The Labute approximate surface area is 270 Å². The maximum absolute atomic E-state index is 12.8. The number of thioether (sulfide) groups is 1. The van der Waals surface area contributed by atoms with E-state index in [0.717, 1.165) is 35.8 Å². The summed E-state index contributed by atoms with van der Waals surface area (Å²) in [7, 11) is 0. The summed E-state index contributed by atoms with van der Waals surface area (Å²) in [5.41, 5.74) is 3.13. The monoisotopic (exact) mass is 660 g/mol. The highest BCUT2D eigenvalue weighted by Crippen LogP contribution is 2.34. The van der Waals surface area contributed by atoms with Crippen molar-refractivity contribution in [3.05, 3.63) is 64.7 Å². The van der Waals surface area contributed by atoms with Gasteiger partial charge in [0.1, 0.15) is 0 Å². The van der Waals surface area contributed by atoms with Crippen LogP contribution >= 0.6 is 28.7 Å². The van der Waals surface area contributed by atoms with Crippen LogP contribution in [0.5, 0.6) is 11.5 Å². The summed E-state index contributed by atoms with van der Waals surface area (Å²) in [5, 5.41) is 2.99. The van der Waals surface area contributed by atoms with Crippen molar-refractivity contribution < 1.29 is 14.3 Å². The number of hydrogen-bond donors (Lipinski definition) is 1. The third kappa shape index (κ3) is 13.5. The number of allylic oxidation sites excluding steroid dienone is 1. The minimum Gasteiger partial charge on any atom is -0.490 e. The van der Waals surface area contributed by atoms with E-state index in [0.29, 0.717) is 12.4 Å². The number of nitrogens with one attached hydrogen (secondary N) is 1. The number of hydrogen-bond acceptors (Lipinski definition) is 5. The highest BCUT2D eigenvalue weighted by Gasteiger charge is 2.18. The first-order valence-corrected chi connectivity index (χ1v) is 16.6. The number of rotatable bonds is 18. The average molecular weight is 662 g/mol. The third-order valence-electron chi connectivity index (χ3n) is 7.34. The summed E-state index contributed by atoms with van der Waals surface area (Å²) < 4.78 is 12.2. The summed E-state index contributed by atoms with van der Waals surface area (Å²) >= 11 is 1.85. The molecule has 7 heteroatoms. The van der Waals surface area contributed by atoms with Crippen LogP contribution in [0.3, 0.4) is 0 Å². The summed E-state index contributed by atoms with van der Waals surface area (Å²) in [6, 6.07) is 14.1. The normalized spacial score (nSPS) is 13.0. The fourth-order valence-corrected chi connectivity index (χ4v) is 5.67. The van der Waals surface area contributed by atoms with E-state index in [-0.39, 0.29) is 34.9 Å². The maximum Gasteiger partial charge on any atom is 0.262 e. The number of carbonyl (C=O) groups excluding carboxylic acids is 1. The summed E-state index contributed by atoms with van der Waals surface area (Å²) in [5.74, 6) is 2.11. The predicted octanol–water partition coefficient (Wildman–Crippen LogP) is 10.2. The van der Waals surface area contributed by atoms with Gasteiger partial charge >= 0.3 is 0 Å². The molecule has 0 aromatic heterocycles. The van der Waals surface area contributed by atoms with E-state index in [1.165, 1.54) is 68.3 Å². The second-order valence-corrected chi connectivity index (χ2v) is 13.4. The van der Waals surface area contributed by atoms with Gasteiger partial charge in [0.2, 0.25) is 0 Å². The number of anilines is 1. The number of unbranched alkanes of at least 4 members (excludes halogenated alkanes) is 9. The molecular formula is C35H53BrN2O3S. The number of halogens is 1. The van der Waals surface area contributed by atoms with Gasteiger partial charge < -0.3 is 19.7 Å². The van der Waals surface area contributed by atoms with E-state index in [2.05, 4.69) is 69.2 Å². The van der Waals surface area contributed by atoms with Crippen LogP contribution in [0.15, 0.2) is 53.6 Å². The molecule has 0 fully saturated rings. The lowest BCUT2D eigenvalue weighted by molar-refractivity contribution is -0.118. The molecule has 0 spiro atoms. The maximum atomic E-state index is 12.8. The van der Waals surface area contributed by atoms with Crippen LogP contribution in [0.25, 0.3) is 0 Å². The molecule has 1 aliphatic heterocycles. The number of benzene rings is 2. The molecule has 1 amide bonds. The Bertz CT molecular complexity index is 1120. The second-order valence-electron chi connectivity index (χ2n) is 12.2. The predicted molar refractivity (Wildman–Crippen MR) is 185 cm³/mol. The molecule has 0 saturated carbocycles. The van der Waals surface area contributed by atoms with E-state index in [1.54, 1.807) is 0 Å². The largest absolute Gasteiger partial charge is 0.490 e. The molecule has 234 valence electrons. The molecule has 3 rings (SSSR count). The van der Waals surface area contributed by atoms with E-state index in [4.69, 9.17) is 9.47 Å². The van der Waals surface area contributed by atoms with Crippen molar-refractivity contribution in [2.24, 2.45) is 0 Å². The summed E-state index contributed by atoms with van der Waals surface area (Å²) in [6.45, 7) is 12.4. The van der Waals surface area contributed by atoms with Crippen molar-refractivity contribution in [3.63, 3.8) is 0 Å². The molecule has 5 nitrogen and oxygen atoms in total. The zero-order valence-electron chi connectivity index (χ0n) is 26.5. The highest BCUT2D eigenvalue weighted by atomic mass is 79.9.